The molecule has 4 heteroatoms. The summed E-state index contributed by atoms with van der Waals surface area (Å²) in [5, 5.41) is 19.1. The molecule has 0 saturated carbocycles. The van der Waals surface area contributed by atoms with Gasteiger partial charge in [0, 0.05) is 5.25 Å². The average molecular weight is 212 g/mol. The van der Waals surface area contributed by atoms with E-state index in [2.05, 4.69) is 0 Å². The van der Waals surface area contributed by atoms with E-state index in [1.54, 1.807) is 6.07 Å². The van der Waals surface area contributed by atoms with E-state index in [9.17, 15) is 15.0 Å². The highest BCUT2D eigenvalue weighted by molar-refractivity contribution is 8.00. The molecule has 0 fully saturated rings. The standard InChI is InChI=1S/C10H12O3S/c1-6(2)14-8-5-3-4-7(11)9(12)10(8)13/h3-6H,1-2H3,(H2,11,12,13). The molecule has 0 heterocycles. The van der Waals surface area contributed by atoms with Gasteiger partial charge in [-0.05, 0) is 12.1 Å². The third kappa shape index (κ3) is 2.42. The zero-order chi connectivity index (χ0) is 10.7. The molecule has 0 aliphatic rings. The molecule has 0 saturated heterocycles. The van der Waals surface area contributed by atoms with Crippen LogP contribution in [0.3, 0.4) is 0 Å². The summed E-state index contributed by atoms with van der Waals surface area (Å²) in [5.74, 6) is -0.920. The molecule has 0 spiro atoms. The van der Waals surface area contributed by atoms with E-state index in [-0.39, 0.29) is 11.0 Å². The monoisotopic (exact) mass is 212 g/mol. The van der Waals surface area contributed by atoms with E-state index in [1.165, 1.54) is 23.9 Å². The molecule has 0 atom stereocenters. The van der Waals surface area contributed by atoms with E-state index >= 15 is 0 Å². The van der Waals surface area contributed by atoms with Crippen molar-refractivity contribution in [1.29, 1.82) is 0 Å². The fourth-order valence-electron chi connectivity index (χ4n) is 0.963. The van der Waals surface area contributed by atoms with Gasteiger partial charge in [-0.2, -0.15) is 0 Å². The Morgan fingerprint density at radius 1 is 1.21 bits per heavy atom. The number of hydrogen-bond acceptors (Lipinski definition) is 4. The summed E-state index contributed by atoms with van der Waals surface area (Å²) < 4.78 is 0. The van der Waals surface area contributed by atoms with Crippen molar-refractivity contribution in [1.82, 2.24) is 0 Å². The second kappa shape index (κ2) is 4.37. The van der Waals surface area contributed by atoms with Crippen molar-refractivity contribution in [2.24, 2.45) is 0 Å². The fraction of sp³-hybridized carbons (Fsp3) is 0.300. The Bertz CT molecular complexity index is 388. The SMILES string of the molecule is CC(C)Sc1cccc(=O)c(O)c1O. The van der Waals surface area contributed by atoms with E-state index < -0.39 is 11.2 Å². The van der Waals surface area contributed by atoms with Gasteiger partial charge in [-0.3, -0.25) is 4.79 Å². The molecule has 2 N–H and O–H groups in total. The van der Waals surface area contributed by atoms with Gasteiger partial charge in [-0.1, -0.05) is 19.9 Å². The van der Waals surface area contributed by atoms with Crippen LogP contribution in [0.4, 0.5) is 0 Å². The van der Waals surface area contributed by atoms with Crippen molar-refractivity contribution in [3.8, 4) is 11.5 Å². The van der Waals surface area contributed by atoms with Crippen molar-refractivity contribution < 1.29 is 10.2 Å². The Hall–Kier alpha value is -1.16. The summed E-state index contributed by atoms with van der Waals surface area (Å²) in [6.45, 7) is 3.93. The van der Waals surface area contributed by atoms with Gasteiger partial charge in [0.1, 0.15) is 0 Å². The van der Waals surface area contributed by atoms with E-state index in [1.807, 2.05) is 13.8 Å². The predicted molar refractivity (Wildman–Crippen MR) is 57.0 cm³/mol. The predicted octanol–water partition coefficient (Wildman–Crippen LogP) is 1.96. The van der Waals surface area contributed by atoms with Crippen LogP contribution in [0.15, 0.2) is 27.9 Å². The van der Waals surface area contributed by atoms with E-state index in [4.69, 9.17) is 0 Å². The summed E-state index contributed by atoms with van der Waals surface area (Å²) in [6, 6.07) is 4.35. The molecule has 1 rings (SSSR count). The minimum Gasteiger partial charge on any atom is -0.503 e. The Morgan fingerprint density at radius 2 is 1.86 bits per heavy atom. The van der Waals surface area contributed by atoms with Crippen LogP contribution in [0.1, 0.15) is 13.8 Å². The van der Waals surface area contributed by atoms with Gasteiger partial charge in [0.15, 0.2) is 5.75 Å². The van der Waals surface area contributed by atoms with Gasteiger partial charge >= 0.3 is 0 Å². The van der Waals surface area contributed by atoms with Gasteiger partial charge in [0.2, 0.25) is 11.2 Å². The van der Waals surface area contributed by atoms with Crippen molar-refractivity contribution in [3.63, 3.8) is 0 Å². The molecule has 3 nitrogen and oxygen atoms in total. The van der Waals surface area contributed by atoms with E-state index in [0.717, 1.165) is 0 Å². The first-order valence-electron chi connectivity index (χ1n) is 4.24. The topological polar surface area (TPSA) is 57.5 Å². The third-order valence-electron chi connectivity index (χ3n) is 1.55. The van der Waals surface area contributed by atoms with Crippen LogP contribution >= 0.6 is 11.8 Å². The first-order valence-corrected chi connectivity index (χ1v) is 5.12. The molecule has 1 aromatic rings. The van der Waals surface area contributed by atoms with Crippen molar-refractivity contribution in [2.45, 2.75) is 24.0 Å². The first-order chi connectivity index (χ1) is 6.52. The molecule has 0 aromatic heterocycles. The molecule has 1 aromatic carbocycles. The number of hydrogen-bond donors (Lipinski definition) is 2. The Kier molecular flexibility index (Phi) is 3.41. The maximum Gasteiger partial charge on any atom is 0.224 e. The van der Waals surface area contributed by atoms with Gasteiger partial charge < -0.3 is 10.2 Å². The molecule has 0 aliphatic carbocycles. The zero-order valence-corrected chi connectivity index (χ0v) is 8.84. The van der Waals surface area contributed by atoms with Gasteiger partial charge in [-0.25, -0.2) is 0 Å². The van der Waals surface area contributed by atoms with Gasteiger partial charge in [0.25, 0.3) is 0 Å². The summed E-state index contributed by atoms with van der Waals surface area (Å²) in [5.41, 5.74) is -0.571. The average Bonchev–Trinajstić information content (AvgIpc) is 2.21. The van der Waals surface area contributed by atoms with E-state index in [0.29, 0.717) is 4.90 Å². The lowest BCUT2D eigenvalue weighted by Crippen LogP contribution is -1.92. The smallest absolute Gasteiger partial charge is 0.224 e. The number of aromatic hydroxyl groups is 2. The van der Waals surface area contributed by atoms with Crippen molar-refractivity contribution in [2.75, 3.05) is 0 Å². The largest absolute Gasteiger partial charge is 0.503 e. The summed E-state index contributed by atoms with van der Waals surface area (Å²) in [4.78, 5) is 11.6. The van der Waals surface area contributed by atoms with Gasteiger partial charge in [-0.15, -0.1) is 11.8 Å². The highest BCUT2D eigenvalue weighted by Crippen LogP contribution is 2.34. The molecule has 14 heavy (non-hydrogen) atoms. The van der Waals surface area contributed by atoms with Crippen LogP contribution in [0.25, 0.3) is 0 Å². The highest BCUT2D eigenvalue weighted by Gasteiger charge is 2.09. The summed E-state index contributed by atoms with van der Waals surface area (Å²) in [6.07, 6.45) is 0. The lowest BCUT2D eigenvalue weighted by molar-refractivity contribution is 0.393. The Labute approximate surface area is 86.4 Å². The maximum absolute atomic E-state index is 11.1. The molecular weight excluding hydrogens is 200 g/mol. The molecule has 0 bridgehead atoms. The second-order valence-electron chi connectivity index (χ2n) is 3.12. The summed E-state index contributed by atoms with van der Waals surface area (Å²) >= 11 is 1.39. The van der Waals surface area contributed by atoms with Crippen LogP contribution in [0, 0.1) is 0 Å². The Balaban J connectivity index is 3.28. The van der Waals surface area contributed by atoms with Crippen LogP contribution in [-0.4, -0.2) is 15.5 Å². The minimum atomic E-state index is -0.585. The van der Waals surface area contributed by atoms with Crippen molar-refractivity contribution in [3.05, 3.63) is 28.4 Å². The molecule has 76 valence electrons. The van der Waals surface area contributed by atoms with Crippen LogP contribution < -0.4 is 5.43 Å². The minimum absolute atomic E-state index is 0.276. The lowest BCUT2D eigenvalue weighted by Gasteiger charge is -2.04. The second-order valence-corrected chi connectivity index (χ2v) is 4.74. The third-order valence-corrected chi connectivity index (χ3v) is 2.60. The lowest BCUT2D eigenvalue weighted by atomic mass is 10.4. The first kappa shape index (κ1) is 10.9. The molecule has 0 unspecified atom stereocenters. The Morgan fingerprint density at radius 3 is 2.43 bits per heavy atom. The summed E-state index contributed by atoms with van der Waals surface area (Å²) in [7, 11) is 0. The number of thioether (sulfide) groups is 1. The fourth-order valence-corrected chi connectivity index (χ4v) is 1.84. The molecule has 0 amide bonds. The molecule has 0 radical (unpaired) electrons. The molecule has 0 aliphatic heterocycles. The highest BCUT2D eigenvalue weighted by atomic mass is 32.2. The maximum atomic E-state index is 11.1. The molecular formula is C10H12O3S. The van der Waals surface area contributed by atoms with Crippen LogP contribution in [0.5, 0.6) is 11.5 Å². The quantitative estimate of drug-likeness (QED) is 0.736. The normalized spacial score (nSPS) is 10.5. The van der Waals surface area contributed by atoms with Crippen molar-refractivity contribution >= 4 is 11.8 Å². The van der Waals surface area contributed by atoms with Gasteiger partial charge in [0.05, 0.1) is 4.90 Å². The number of rotatable bonds is 2. The van der Waals surface area contributed by atoms with Crippen LogP contribution in [-0.2, 0) is 0 Å². The van der Waals surface area contributed by atoms with Crippen LogP contribution in [0.2, 0.25) is 0 Å². The zero-order valence-electron chi connectivity index (χ0n) is 8.02.